The maximum Gasteiger partial charge on any atom is 0.259 e. The summed E-state index contributed by atoms with van der Waals surface area (Å²) in [6.45, 7) is 4.04. The zero-order valence-electron chi connectivity index (χ0n) is 18.9. The first-order valence-corrected chi connectivity index (χ1v) is 11.4. The van der Waals surface area contributed by atoms with Crippen LogP contribution in [0.1, 0.15) is 16.1 Å². The molecule has 4 aromatic rings. The number of amides is 1. The minimum absolute atomic E-state index is 0.115. The van der Waals surface area contributed by atoms with E-state index in [0.717, 1.165) is 26.9 Å². The molecule has 5 rings (SSSR count). The van der Waals surface area contributed by atoms with Crippen molar-refractivity contribution in [2.45, 2.75) is 6.92 Å². The van der Waals surface area contributed by atoms with Crippen molar-refractivity contribution in [3.05, 3.63) is 76.0 Å². The quantitative estimate of drug-likeness (QED) is 0.391. The van der Waals surface area contributed by atoms with E-state index in [9.17, 15) is 9.70 Å². The second-order valence-electron chi connectivity index (χ2n) is 8.26. The second-order valence-corrected chi connectivity index (χ2v) is 8.66. The Kier molecular flexibility index (Phi) is 5.75. The van der Waals surface area contributed by atoms with Crippen LogP contribution in [0.5, 0.6) is 0 Å². The maximum absolute atomic E-state index is 13.6. The fourth-order valence-corrected chi connectivity index (χ4v) is 4.65. The van der Waals surface area contributed by atoms with E-state index in [1.807, 2.05) is 41.3 Å². The van der Waals surface area contributed by atoms with Crippen LogP contribution in [0.3, 0.4) is 0 Å². The van der Waals surface area contributed by atoms with Crippen molar-refractivity contribution < 1.29 is 14.1 Å². The highest BCUT2D eigenvalue weighted by Crippen LogP contribution is 2.33. The molecule has 1 aliphatic heterocycles. The molecule has 0 aliphatic carbocycles. The molecule has 0 bridgehead atoms. The minimum Gasteiger partial charge on any atom is -0.367 e. The van der Waals surface area contributed by atoms with Gasteiger partial charge in [-0.2, -0.15) is 0 Å². The predicted octanol–water partition coefficient (Wildman–Crippen LogP) is 4.85. The summed E-state index contributed by atoms with van der Waals surface area (Å²) in [5, 5.41) is 5.71. The molecule has 0 spiro atoms. The summed E-state index contributed by atoms with van der Waals surface area (Å²) in [6, 6.07) is 14.9. The highest BCUT2D eigenvalue weighted by Gasteiger charge is 2.30. The number of piperazine rings is 1. The number of carbonyl (C=O) groups is 1. The topological polar surface area (TPSA) is 82.6 Å². The van der Waals surface area contributed by atoms with Crippen LogP contribution in [0.4, 0.5) is 11.4 Å². The lowest BCUT2D eigenvalue weighted by Crippen LogP contribution is -2.49. The monoisotopic (exact) mass is 476 g/mol. The third-order valence-corrected chi connectivity index (χ3v) is 6.47. The van der Waals surface area contributed by atoms with Gasteiger partial charge in [0.2, 0.25) is 0 Å². The summed E-state index contributed by atoms with van der Waals surface area (Å²) in [4.78, 5) is 33.5. The fourth-order valence-electron chi connectivity index (χ4n) is 4.36. The summed E-state index contributed by atoms with van der Waals surface area (Å²) < 4.78 is 6.24. The smallest absolute Gasteiger partial charge is 0.259 e. The van der Waals surface area contributed by atoms with Gasteiger partial charge in [-0.15, -0.1) is 0 Å². The lowest BCUT2D eigenvalue weighted by atomic mass is 10.0. The van der Waals surface area contributed by atoms with Crippen molar-refractivity contribution >= 4 is 39.8 Å². The highest BCUT2D eigenvalue weighted by molar-refractivity contribution is 6.33. The Balaban J connectivity index is 1.38. The van der Waals surface area contributed by atoms with Gasteiger partial charge in [0.15, 0.2) is 7.05 Å². The van der Waals surface area contributed by atoms with Crippen molar-refractivity contribution in [3.63, 3.8) is 0 Å². The van der Waals surface area contributed by atoms with Gasteiger partial charge in [0, 0.05) is 65.1 Å². The maximum atomic E-state index is 13.6. The van der Waals surface area contributed by atoms with Crippen LogP contribution in [-0.2, 0) is 0 Å². The van der Waals surface area contributed by atoms with Crippen molar-refractivity contribution in [2.75, 3.05) is 38.1 Å². The van der Waals surface area contributed by atoms with Crippen LogP contribution in [0.2, 0.25) is 5.02 Å². The number of carbonyl (C=O) groups excluding carboxylic acids is 1. The molecule has 0 radical (unpaired) electrons. The molecule has 1 fully saturated rings. The number of anilines is 1. The molecule has 9 heteroatoms. The summed E-state index contributed by atoms with van der Waals surface area (Å²) in [5.74, 6) is 0.367. The number of para-hydroxylation sites is 1. The Morgan fingerprint density at radius 2 is 1.85 bits per heavy atom. The third-order valence-electron chi connectivity index (χ3n) is 6.17. The largest absolute Gasteiger partial charge is 0.367 e. The van der Waals surface area contributed by atoms with Crippen LogP contribution >= 0.6 is 11.6 Å². The number of hydrogen-bond acceptors (Lipinski definition) is 6. The van der Waals surface area contributed by atoms with Gasteiger partial charge in [-0.3, -0.25) is 9.78 Å². The van der Waals surface area contributed by atoms with Gasteiger partial charge < -0.3 is 14.3 Å². The fraction of sp³-hybridized carbons (Fsp3) is 0.240. The molecule has 3 heterocycles. The van der Waals surface area contributed by atoms with Crippen LogP contribution in [0, 0.1) is 11.8 Å². The Labute approximate surface area is 201 Å². The molecular formula is C25H23ClN5O3+. The second kappa shape index (κ2) is 8.87. The van der Waals surface area contributed by atoms with Gasteiger partial charge in [-0.1, -0.05) is 41.0 Å². The average Bonchev–Trinajstić information content (AvgIpc) is 3.24. The van der Waals surface area contributed by atoms with Crippen LogP contribution in [0.25, 0.3) is 22.2 Å². The van der Waals surface area contributed by atoms with Crippen molar-refractivity contribution in [2.24, 2.45) is 0 Å². The highest BCUT2D eigenvalue weighted by atomic mass is 35.5. The van der Waals surface area contributed by atoms with E-state index >= 15 is 0 Å². The van der Waals surface area contributed by atoms with Gasteiger partial charge >= 0.3 is 0 Å². The van der Waals surface area contributed by atoms with Gasteiger partial charge in [0.25, 0.3) is 11.6 Å². The van der Waals surface area contributed by atoms with Crippen LogP contribution in [-0.4, -0.2) is 58.9 Å². The molecule has 172 valence electrons. The average molecular weight is 477 g/mol. The van der Waals surface area contributed by atoms with Crippen LogP contribution < -0.4 is 4.90 Å². The van der Waals surface area contributed by atoms with Gasteiger partial charge in [-0.05, 0) is 19.1 Å². The van der Waals surface area contributed by atoms with Gasteiger partial charge in [0.1, 0.15) is 17.0 Å². The zero-order valence-corrected chi connectivity index (χ0v) is 19.6. The van der Waals surface area contributed by atoms with E-state index in [2.05, 4.69) is 15.0 Å². The van der Waals surface area contributed by atoms with E-state index in [0.29, 0.717) is 53.9 Å². The van der Waals surface area contributed by atoms with Gasteiger partial charge in [0.05, 0.1) is 16.2 Å². The number of benzene rings is 2. The van der Waals surface area contributed by atoms with E-state index in [1.54, 1.807) is 25.3 Å². The summed E-state index contributed by atoms with van der Waals surface area (Å²) in [7, 11) is 1.44. The molecule has 1 saturated heterocycles. The van der Waals surface area contributed by atoms with Gasteiger partial charge in [-0.25, -0.2) is 0 Å². The zero-order chi connectivity index (χ0) is 23.8. The molecule has 2 aromatic heterocycles. The number of aromatic nitrogens is 2. The molecular weight excluding hydrogens is 454 g/mol. The van der Waals surface area contributed by atoms with Crippen molar-refractivity contribution in [3.8, 4) is 11.3 Å². The number of nitrogens with zero attached hydrogens (tertiary/aromatic N) is 5. The Morgan fingerprint density at radius 1 is 1.09 bits per heavy atom. The summed E-state index contributed by atoms with van der Waals surface area (Å²) in [5.41, 5.74) is 3.87. The minimum atomic E-state index is -0.115. The first kappa shape index (κ1) is 22.0. The molecule has 34 heavy (non-hydrogen) atoms. The molecule has 0 unspecified atom stereocenters. The molecule has 1 amide bonds. The number of fused-ring (bicyclic) bond motifs is 1. The first-order chi connectivity index (χ1) is 16.4. The van der Waals surface area contributed by atoms with E-state index < -0.39 is 0 Å². The van der Waals surface area contributed by atoms with Crippen molar-refractivity contribution in [1.82, 2.24) is 15.0 Å². The molecule has 8 nitrogen and oxygen atoms in total. The molecule has 0 N–H and O–H groups in total. The van der Waals surface area contributed by atoms with Crippen molar-refractivity contribution in [1.29, 1.82) is 0 Å². The lowest BCUT2D eigenvalue weighted by Gasteiger charge is -2.36. The molecule has 0 atom stereocenters. The van der Waals surface area contributed by atoms with E-state index in [1.165, 1.54) is 7.05 Å². The number of rotatable bonds is 4. The molecule has 1 aliphatic rings. The normalized spacial score (nSPS) is 14.0. The van der Waals surface area contributed by atoms with Crippen LogP contribution in [0.15, 0.2) is 59.3 Å². The Bertz CT molecular complexity index is 1400. The standard InChI is InChI=1S/C25H23ClN5O3/c1-16-22(24(28-34-16)19-7-3-5-17-6-4-10-27-23(17)19)25(32)31-13-11-30(12-14-31)21-9-8-18(29(2)33)15-20(21)26/h3-10,15H,11-14H2,1-2H3/q+1. The number of hydrogen-bond donors (Lipinski definition) is 0. The van der Waals surface area contributed by atoms with E-state index in [4.69, 9.17) is 16.1 Å². The number of pyridine rings is 1. The number of halogens is 1. The molecule has 2 aromatic carbocycles. The first-order valence-electron chi connectivity index (χ1n) is 11.0. The lowest BCUT2D eigenvalue weighted by molar-refractivity contribution is -0.428. The SMILES string of the molecule is Cc1onc(-c2cccc3cccnc23)c1C(=O)N1CCN(c2ccc([N+](C)=O)cc2Cl)CC1. The third kappa shape index (κ3) is 3.90. The number of aryl methyl sites for hydroxylation is 1. The Hall–Kier alpha value is -3.78. The Morgan fingerprint density at radius 3 is 2.59 bits per heavy atom. The summed E-state index contributed by atoms with van der Waals surface area (Å²) in [6.07, 6.45) is 1.73. The molecule has 0 saturated carbocycles. The predicted molar refractivity (Wildman–Crippen MR) is 131 cm³/mol. The number of nitroso groups, excluding NO2 is 1. The summed E-state index contributed by atoms with van der Waals surface area (Å²) >= 11 is 6.43. The van der Waals surface area contributed by atoms with E-state index in [-0.39, 0.29) is 5.91 Å².